The molecule has 2 rings (SSSR count). The molecule has 0 radical (unpaired) electrons. The summed E-state index contributed by atoms with van der Waals surface area (Å²) < 4.78 is 1.62. The predicted molar refractivity (Wildman–Crippen MR) is 66.2 cm³/mol. The number of nitrogens with one attached hydrogen (secondary N) is 1. The summed E-state index contributed by atoms with van der Waals surface area (Å²) in [6.07, 6.45) is 1.81. The average Bonchev–Trinajstić information content (AvgIpc) is 2.73. The number of anilines is 1. The van der Waals surface area contributed by atoms with Crippen LogP contribution in [-0.2, 0) is 13.6 Å². The van der Waals surface area contributed by atoms with Crippen LogP contribution >= 0.6 is 0 Å². The van der Waals surface area contributed by atoms with Gasteiger partial charge in [0, 0.05) is 31.1 Å². The van der Waals surface area contributed by atoms with Crippen molar-refractivity contribution in [1.29, 1.82) is 0 Å². The van der Waals surface area contributed by atoms with Gasteiger partial charge in [-0.15, -0.1) is 5.10 Å². The Hall–Kier alpha value is -2.44. The van der Waals surface area contributed by atoms with E-state index in [0.29, 0.717) is 6.54 Å². The summed E-state index contributed by atoms with van der Waals surface area (Å²) >= 11 is 0. The molecule has 7 nitrogen and oxygen atoms in total. The maximum atomic E-state index is 10.6. The van der Waals surface area contributed by atoms with Crippen molar-refractivity contribution in [3.05, 3.63) is 45.8 Å². The molecule has 0 saturated carbocycles. The first-order chi connectivity index (χ1) is 8.56. The molecule has 1 aromatic carbocycles. The predicted octanol–water partition coefficient (Wildman–Crippen LogP) is 1.64. The van der Waals surface area contributed by atoms with E-state index in [1.165, 1.54) is 6.07 Å². The van der Waals surface area contributed by atoms with Gasteiger partial charge in [-0.05, 0) is 18.6 Å². The normalized spacial score (nSPS) is 10.3. The second kappa shape index (κ2) is 4.82. The molecule has 1 N–H and O–H groups in total. The number of nitro groups is 1. The molecular weight excluding hydrogens is 234 g/mol. The van der Waals surface area contributed by atoms with E-state index in [1.807, 2.05) is 13.1 Å². The Bertz CT molecular complexity index is 579. The molecule has 0 bridgehead atoms. The summed E-state index contributed by atoms with van der Waals surface area (Å²) in [6, 6.07) is 4.72. The summed E-state index contributed by atoms with van der Waals surface area (Å²) in [5.74, 6) is 0. The lowest BCUT2D eigenvalue weighted by Gasteiger charge is -2.07. The minimum atomic E-state index is -0.403. The van der Waals surface area contributed by atoms with Crippen LogP contribution in [0.25, 0.3) is 0 Å². The van der Waals surface area contributed by atoms with Crippen molar-refractivity contribution in [2.75, 3.05) is 5.32 Å². The van der Waals surface area contributed by atoms with Gasteiger partial charge in [-0.3, -0.25) is 14.8 Å². The van der Waals surface area contributed by atoms with Crippen LogP contribution in [0.1, 0.15) is 11.3 Å². The molecule has 18 heavy (non-hydrogen) atoms. The highest BCUT2D eigenvalue weighted by Gasteiger charge is 2.08. The SMILES string of the molecule is Cc1cc([N+](=O)[O-])ccc1NCc1cn(C)nn1. The number of nitro benzene ring substituents is 1. The molecule has 0 aliphatic carbocycles. The van der Waals surface area contributed by atoms with Gasteiger partial charge in [-0.1, -0.05) is 5.21 Å². The molecular formula is C11H13N5O2. The molecule has 0 fully saturated rings. The van der Waals surface area contributed by atoms with Crippen LogP contribution in [0.5, 0.6) is 0 Å². The smallest absolute Gasteiger partial charge is 0.269 e. The second-order valence-corrected chi connectivity index (χ2v) is 3.99. The van der Waals surface area contributed by atoms with E-state index in [2.05, 4.69) is 15.6 Å². The van der Waals surface area contributed by atoms with Crippen molar-refractivity contribution in [2.24, 2.45) is 7.05 Å². The number of aryl methyl sites for hydroxylation is 2. The van der Waals surface area contributed by atoms with Crippen molar-refractivity contribution in [2.45, 2.75) is 13.5 Å². The topological polar surface area (TPSA) is 85.9 Å². The summed E-state index contributed by atoms with van der Waals surface area (Å²) in [7, 11) is 1.80. The van der Waals surface area contributed by atoms with E-state index < -0.39 is 4.92 Å². The molecule has 1 aromatic heterocycles. The average molecular weight is 247 g/mol. The van der Waals surface area contributed by atoms with E-state index in [-0.39, 0.29) is 5.69 Å². The lowest BCUT2D eigenvalue weighted by atomic mass is 10.2. The molecule has 0 amide bonds. The fourth-order valence-electron chi connectivity index (χ4n) is 1.62. The van der Waals surface area contributed by atoms with Crippen LogP contribution in [-0.4, -0.2) is 19.9 Å². The van der Waals surface area contributed by atoms with Crippen LogP contribution in [0.4, 0.5) is 11.4 Å². The summed E-state index contributed by atoms with van der Waals surface area (Å²) in [6.45, 7) is 2.36. The van der Waals surface area contributed by atoms with Crippen molar-refractivity contribution >= 4 is 11.4 Å². The highest BCUT2D eigenvalue weighted by atomic mass is 16.6. The van der Waals surface area contributed by atoms with Crippen molar-refractivity contribution in [3.63, 3.8) is 0 Å². The zero-order valence-corrected chi connectivity index (χ0v) is 10.1. The fourth-order valence-corrected chi connectivity index (χ4v) is 1.62. The standard InChI is InChI=1S/C11H13N5O2/c1-8-5-10(16(17)18)3-4-11(8)12-6-9-7-15(2)14-13-9/h3-5,7,12H,6H2,1-2H3. The third-order valence-electron chi connectivity index (χ3n) is 2.53. The van der Waals surface area contributed by atoms with Crippen LogP contribution in [0.2, 0.25) is 0 Å². The molecule has 0 saturated heterocycles. The van der Waals surface area contributed by atoms with Gasteiger partial charge in [0.25, 0.3) is 5.69 Å². The van der Waals surface area contributed by atoms with Gasteiger partial charge in [0.1, 0.15) is 5.69 Å². The zero-order valence-electron chi connectivity index (χ0n) is 10.1. The van der Waals surface area contributed by atoms with E-state index in [4.69, 9.17) is 0 Å². The fraction of sp³-hybridized carbons (Fsp3) is 0.273. The molecule has 1 heterocycles. The summed E-state index contributed by atoms with van der Waals surface area (Å²) in [5.41, 5.74) is 2.59. The summed E-state index contributed by atoms with van der Waals surface area (Å²) in [4.78, 5) is 10.2. The third-order valence-corrected chi connectivity index (χ3v) is 2.53. The lowest BCUT2D eigenvalue weighted by molar-refractivity contribution is -0.384. The van der Waals surface area contributed by atoms with E-state index >= 15 is 0 Å². The van der Waals surface area contributed by atoms with Gasteiger partial charge in [0.05, 0.1) is 11.5 Å². The molecule has 0 aliphatic heterocycles. The third kappa shape index (κ3) is 2.62. The molecule has 2 aromatic rings. The highest BCUT2D eigenvalue weighted by molar-refractivity contribution is 5.55. The van der Waals surface area contributed by atoms with Gasteiger partial charge >= 0.3 is 0 Å². The zero-order chi connectivity index (χ0) is 13.1. The Morgan fingerprint density at radius 3 is 2.83 bits per heavy atom. The maximum Gasteiger partial charge on any atom is 0.269 e. The van der Waals surface area contributed by atoms with Crippen LogP contribution in [0.3, 0.4) is 0 Å². The van der Waals surface area contributed by atoms with Crippen LogP contribution in [0, 0.1) is 17.0 Å². The van der Waals surface area contributed by atoms with Crippen LogP contribution < -0.4 is 5.32 Å². The number of rotatable bonds is 4. The lowest BCUT2D eigenvalue weighted by Crippen LogP contribution is -2.02. The van der Waals surface area contributed by atoms with Gasteiger partial charge in [0.15, 0.2) is 0 Å². The number of benzene rings is 1. The highest BCUT2D eigenvalue weighted by Crippen LogP contribution is 2.21. The van der Waals surface area contributed by atoms with E-state index in [9.17, 15) is 10.1 Å². The van der Waals surface area contributed by atoms with E-state index in [0.717, 1.165) is 16.9 Å². The second-order valence-electron chi connectivity index (χ2n) is 3.99. The number of aromatic nitrogens is 3. The molecule has 94 valence electrons. The number of nitrogens with zero attached hydrogens (tertiary/aromatic N) is 4. The first kappa shape index (κ1) is 12.0. The Morgan fingerprint density at radius 2 is 2.28 bits per heavy atom. The first-order valence-corrected chi connectivity index (χ1v) is 5.40. The summed E-state index contributed by atoms with van der Waals surface area (Å²) in [5, 5.41) is 21.6. The quantitative estimate of drug-likeness (QED) is 0.655. The van der Waals surface area contributed by atoms with Gasteiger partial charge in [-0.2, -0.15) is 0 Å². The first-order valence-electron chi connectivity index (χ1n) is 5.40. The van der Waals surface area contributed by atoms with Gasteiger partial charge in [-0.25, -0.2) is 0 Å². The van der Waals surface area contributed by atoms with Gasteiger partial charge < -0.3 is 5.32 Å². The van der Waals surface area contributed by atoms with Crippen molar-refractivity contribution < 1.29 is 4.92 Å². The number of non-ortho nitro benzene ring substituents is 1. The van der Waals surface area contributed by atoms with Crippen LogP contribution in [0.15, 0.2) is 24.4 Å². The van der Waals surface area contributed by atoms with E-state index in [1.54, 1.807) is 23.9 Å². The number of hydrogen-bond donors (Lipinski definition) is 1. The number of hydrogen-bond acceptors (Lipinski definition) is 5. The van der Waals surface area contributed by atoms with Crippen molar-refractivity contribution in [1.82, 2.24) is 15.0 Å². The Kier molecular flexibility index (Phi) is 3.22. The minimum Gasteiger partial charge on any atom is -0.379 e. The largest absolute Gasteiger partial charge is 0.379 e. The Labute approximate surface area is 104 Å². The molecule has 0 unspecified atom stereocenters. The molecule has 7 heteroatoms. The monoisotopic (exact) mass is 247 g/mol. The maximum absolute atomic E-state index is 10.6. The molecule has 0 aliphatic rings. The van der Waals surface area contributed by atoms with Crippen molar-refractivity contribution in [3.8, 4) is 0 Å². The van der Waals surface area contributed by atoms with Gasteiger partial charge in [0.2, 0.25) is 0 Å². The Morgan fingerprint density at radius 1 is 1.50 bits per heavy atom. The molecule has 0 spiro atoms. The minimum absolute atomic E-state index is 0.0950. The molecule has 0 atom stereocenters. The Balaban J connectivity index is 2.08.